The fourth-order valence-corrected chi connectivity index (χ4v) is 4.11. The summed E-state index contributed by atoms with van der Waals surface area (Å²) in [6.45, 7) is 2.13. The van der Waals surface area contributed by atoms with Crippen LogP contribution in [0.3, 0.4) is 0 Å². The number of carbonyl (C=O) groups is 2. The number of aromatic carboxylic acids is 1. The maximum atomic E-state index is 12.5. The normalized spacial score (nSPS) is 15.6. The van der Waals surface area contributed by atoms with Crippen LogP contribution in [0.25, 0.3) is 6.08 Å². The summed E-state index contributed by atoms with van der Waals surface area (Å²) in [7, 11) is 0. The zero-order valence-electron chi connectivity index (χ0n) is 17.5. The second-order valence-corrected chi connectivity index (χ2v) is 8.64. The van der Waals surface area contributed by atoms with Crippen LogP contribution in [0, 0.1) is 6.92 Å². The Kier molecular flexibility index (Phi) is 6.82. The van der Waals surface area contributed by atoms with Gasteiger partial charge in [0, 0.05) is 16.1 Å². The van der Waals surface area contributed by atoms with Gasteiger partial charge in [-0.2, -0.15) is 0 Å². The van der Waals surface area contributed by atoms with Crippen molar-refractivity contribution in [1.82, 2.24) is 5.32 Å². The van der Waals surface area contributed by atoms with E-state index in [0.29, 0.717) is 33.1 Å². The number of carboxylic acid groups (broad SMARTS) is 1. The average molecular weight is 479 g/mol. The van der Waals surface area contributed by atoms with E-state index in [2.05, 4.69) is 10.3 Å². The Morgan fingerprint density at radius 2 is 1.91 bits per heavy atom. The average Bonchev–Trinajstić information content (AvgIpc) is 3.14. The molecule has 1 aliphatic heterocycles. The third-order valence-corrected chi connectivity index (χ3v) is 6.15. The van der Waals surface area contributed by atoms with Gasteiger partial charge in [-0.25, -0.2) is 9.79 Å². The predicted molar refractivity (Wildman–Crippen MR) is 131 cm³/mol. The van der Waals surface area contributed by atoms with Crippen molar-refractivity contribution < 1.29 is 19.4 Å². The molecule has 8 heteroatoms. The molecule has 2 N–H and O–H groups in total. The number of benzene rings is 3. The second-order valence-electron chi connectivity index (χ2n) is 7.21. The lowest BCUT2D eigenvalue weighted by Gasteiger charge is -2.10. The number of carbonyl (C=O) groups excluding carboxylic acids is 1. The largest absolute Gasteiger partial charge is 0.488 e. The predicted octanol–water partition coefficient (Wildman–Crippen LogP) is 5.82. The number of carboxylic acids is 1. The summed E-state index contributed by atoms with van der Waals surface area (Å²) in [6.07, 6.45) is 1.74. The molecular formula is C25H19ClN2O4S. The lowest BCUT2D eigenvalue weighted by Crippen LogP contribution is -2.19. The number of halogens is 1. The van der Waals surface area contributed by atoms with Gasteiger partial charge in [-0.1, -0.05) is 54.1 Å². The summed E-state index contributed by atoms with van der Waals surface area (Å²) in [5, 5.41) is 13.0. The molecule has 166 valence electrons. The molecule has 0 spiro atoms. The van der Waals surface area contributed by atoms with Crippen molar-refractivity contribution in [3.63, 3.8) is 0 Å². The molecule has 1 aliphatic rings. The monoisotopic (exact) mass is 478 g/mol. The molecule has 1 fully saturated rings. The lowest BCUT2D eigenvalue weighted by atomic mass is 10.1. The first kappa shape index (κ1) is 22.6. The van der Waals surface area contributed by atoms with E-state index in [4.69, 9.17) is 16.3 Å². The van der Waals surface area contributed by atoms with Crippen LogP contribution in [0.1, 0.15) is 27.0 Å². The minimum Gasteiger partial charge on any atom is -0.488 e. The fraction of sp³-hybridized carbons (Fsp3) is 0.0800. The molecule has 33 heavy (non-hydrogen) atoms. The summed E-state index contributed by atoms with van der Waals surface area (Å²) in [5.41, 5.74) is 3.03. The van der Waals surface area contributed by atoms with Gasteiger partial charge in [0.2, 0.25) is 0 Å². The van der Waals surface area contributed by atoms with Crippen molar-refractivity contribution in [3.05, 3.63) is 98.9 Å². The molecule has 4 rings (SSSR count). The second kappa shape index (κ2) is 9.94. The zero-order valence-corrected chi connectivity index (χ0v) is 19.1. The summed E-state index contributed by atoms with van der Waals surface area (Å²) >= 11 is 7.40. The topological polar surface area (TPSA) is 88.0 Å². The smallest absolute Gasteiger partial charge is 0.335 e. The van der Waals surface area contributed by atoms with Gasteiger partial charge in [0.1, 0.15) is 12.4 Å². The van der Waals surface area contributed by atoms with Crippen LogP contribution in [0.2, 0.25) is 5.02 Å². The Balaban J connectivity index is 1.56. The summed E-state index contributed by atoms with van der Waals surface area (Å²) < 4.78 is 5.97. The number of nitrogens with one attached hydrogen (secondary N) is 1. The number of nitrogens with zero attached hydrogens (tertiary/aromatic N) is 1. The van der Waals surface area contributed by atoms with Crippen LogP contribution in [0.4, 0.5) is 5.69 Å². The molecule has 1 heterocycles. The van der Waals surface area contributed by atoms with Gasteiger partial charge in [-0.3, -0.25) is 4.79 Å². The van der Waals surface area contributed by atoms with Gasteiger partial charge in [0.25, 0.3) is 5.91 Å². The van der Waals surface area contributed by atoms with E-state index in [1.54, 1.807) is 12.1 Å². The van der Waals surface area contributed by atoms with Gasteiger partial charge < -0.3 is 15.2 Å². The van der Waals surface area contributed by atoms with E-state index in [1.165, 1.54) is 23.9 Å². The van der Waals surface area contributed by atoms with Crippen LogP contribution < -0.4 is 10.1 Å². The Morgan fingerprint density at radius 1 is 1.15 bits per heavy atom. The molecule has 3 aromatic carbocycles. The maximum absolute atomic E-state index is 12.5. The Bertz CT molecular complexity index is 1300. The number of aliphatic imine (C=N–C) groups is 1. The maximum Gasteiger partial charge on any atom is 0.335 e. The minimum atomic E-state index is -1.03. The van der Waals surface area contributed by atoms with Crippen LogP contribution in [0.5, 0.6) is 5.75 Å². The van der Waals surface area contributed by atoms with Gasteiger partial charge >= 0.3 is 5.97 Å². The highest BCUT2D eigenvalue weighted by molar-refractivity contribution is 8.18. The van der Waals surface area contributed by atoms with Gasteiger partial charge in [-0.15, -0.1) is 0 Å². The summed E-state index contributed by atoms with van der Waals surface area (Å²) in [4.78, 5) is 28.7. The number of para-hydroxylation sites is 1. The Morgan fingerprint density at radius 3 is 2.70 bits per heavy atom. The SMILES string of the molecule is Cc1ccc(C(=O)O)cc1N=C1NC(=O)/C(=C/c2ccccc2OCc2ccccc2Cl)S1. The first-order valence-electron chi connectivity index (χ1n) is 9.99. The van der Waals surface area contributed by atoms with Crippen LogP contribution in [-0.2, 0) is 11.4 Å². The Labute approximate surface area is 200 Å². The van der Waals surface area contributed by atoms with E-state index >= 15 is 0 Å². The van der Waals surface area contributed by atoms with Crippen LogP contribution >= 0.6 is 23.4 Å². The molecule has 0 aromatic heterocycles. The fourth-order valence-electron chi connectivity index (χ4n) is 3.10. The molecule has 1 saturated heterocycles. The first-order chi connectivity index (χ1) is 15.9. The Hall–Kier alpha value is -3.55. The van der Waals surface area contributed by atoms with Crippen molar-refractivity contribution in [2.45, 2.75) is 13.5 Å². The van der Waals surface area contributed by atoms with Crippen molar-refractivity contribution in [2.24, 2.45) is 4.99 Å². The number of hydrogen-bond donors (Lipinski definition) is 2. The van der Waals surface area contributed by atoms with Crippen LogP contribution in [-0.4, -0.2) is 22.2 Å². The highest BCUT2D eigenvalue weighted by Crippen LogP contribution is 2.32. The van der Waals surface area contributed by atoms with Gasteiger partial charge in [0.05, 0.1) is 16.2 Å². The van der Waals surface area contributed by atoms with Crippen molar-refractivity contribution in [3.8, 4) is 5.75 Å². The van der Waals surface area contributed by atoms with Crippen molar-refractivity contribution in [2.75, 3.05) is 0 Å². The zero-order chi connectivity index (χ0) is 23.4. The molecule has 0 bridgehead atoms. The molecular weight excluding hydrogens is 460 g/mol. The van der Waals surface area contributed by atoms with Crippen molar-refractivity contribution in [1.29, 1.82) is 0 Å². The first-order valence-corrected chi connectivity index (χ1v) is 11.2. The minimum absolute atomic E-state index is 0.134. The molecule has 0 aliphatic carbocycles. The number of amidine groups is 1. The molecule has 0 saturated carbocycles. The third-order valence-electron chi connectivity index (χ3n) is 4.88. The molecule has 1 amide bonds. The van der Waals surface area contributed by atoms with E-state index < -0.39 is 5.97 Å². The number of rotatable bonds is 6. The summed E-state index contributed by atoms with van der Waals surface area (Å²) in [5.74, 6) is -0.700. The molecule has 6 nitrogen and oxygen atoms in total. The third kappa shape index (κ3) is 5.45. The van der Waals surface area contributed by atoms with E-state index in [1.807, 2.05) is 55.5 Å². The van der Waals surface area contributed by atoms with Gasteiger partial charge in [-0.05, 0) is 54.6 Å². The number of aryl methyl sites for hydroxylation is 1. The standard InChI is InChI=1S/C25H19ClN2O4S/c1-15-10-11-17(24(30)31)12-20(15)27-25-28-23(29)22(33-25)13-16-6-3-5-9-21(16)32-14-18-7-2-4-8-19(18)26/h2-13H,14H2,1H3,(H,30,31)(H,27,28,29)/b22-13-. The summed E-state index contributed by atoms with van der Waals surface area (Å²) in [6, 6.07) is 19.6. The molecule has 0 unspecified atom stereocenters. The van der Waals surface area contributed by atoms with E-state index in [0.717, 1.165) is 16.7 Å². The lowest BCUT2D eigenvalue weighted by molar-refractivity contribution is -0.115. The number of ether oxygens (including phenoxy) is 1. The van der Waals surface area contributed by atoms with E-state index in [9.17, 15) is 14.7 Å². The van der Waals surface area contributed by atoms with Gasteiger partial charge in [0.15, 0.2) is 5.17 Å². The van der Waals surface area contributed by atoms with Crippen molar-refractivity contribution >= 4 is 52.2 Å². The number of hydrogen-bond acceptors (Lipinski definition) is 5. The van der Waals surface area contributed by atoms with Crippen LogP contribution in [0.15, 0.2) is 76.6 Å². The highest BCUT2D eigenvalue weighted by atomic mass is 35.5. The van der Waals surface area contributed by atoms with E-state index in [-0.39, 0.29) is 11.5 Å². The number of amides is 1. The highest BCUT2D eigenvalue weighted by Gasteiger charge is 2.24. The molecule has 3 aromatic rings. The molecule has 0 radical (unpaired) electrons. The number of thioether (sulfide) groups is 1. The quantitative estimate of drug-likeness (QED) is 0.436. The molecule has 0 atom stereocenters.